The summed E-state index contributed by atoms with van der Waals surface area (Å²) in [7, 11) is 0. The van der Waals surface area contributed by atoms with Gasteiger partial charge in [0.05, 0.1) is 17.6 Å². The molecule has 0 aliphatic rings. The van der Waals surface area contributed by atoms with Crippen molar-refractivity contribution < 1.29 is 9.84 Å². The number of ether oxygens (including phenoxy) is 1. The van der Waals surface area contributed by atoms with Crippen LogP contribution in [0.1, 0.15) is 63.4 Å². The highest BCUT2D eigenvalue weighted by Crippen LogP contribution is 2.23. The van der Waals surface area contributed by atoms with Crippen LogP contribution in [0.2, 0.25) is 0 Å². The predicted molar refractivity (Wildman–Crippen MR) is 110 cm³/mol. The van der Waals surface area contributed by atoms with Crippen LogP contribution in [0, 0.1) is 0 Å². The highest BCUT2D eigenvalue weighted by Gasteiger charge is 2.14. The first-order valence-electron chi connectivity index (χ1n) is 9.96. The maximum atomic E-state index is 10.0. The van der Waals surface area contributed by atoms with E-state index in [1.807, 2.05) is 18.2 Å². The van der Waals surface area contributed by atoms with E-state index in [0.29, 0.717) is 12.5 Å². The summed E-state index contributed by atoms with van der Waals surface area (Å²) in [6, 6.07) is 16.5. The number of aliphatic hydroxyl groups is 1. The summed E-state index contributed by atoms with van der Waals surface area (Å²) in [5.41, 5.74) is 3.38. The highest BCUT2D eigenvalue weighted by molar-refractivity contribution is 5.75. The number of aliphatic hydroxyl groups excluding tert-OH is 1. The molecule has 1 aromatic heterocycles. The molecule has 2 aromatic carbocycles. The second-order valence-electron chi connectivity index (χ2n) is 7.22. The zero-order valence-corrected chi connectivity index (χ0v) is 16.6. The molecule has 3 rings (SSSR count). The van der Waals surface area contributed by atoms with Crippen LogP contribution >= 0.6 is 0 Å². The Morgan fingerprint density at radius 1 is 1.04 bits per heavy atom. The molecule has 1 heterocycles. The van der Waals surface area contributed by atoms with E-state index in [-0.39, 0.29) is 0 Å². The fraction of sp³-hybridized carbons (Fsp3) is 0.435. The van der Waals surface area contributed by atoms with Crippen LogP contribution in [0.25, 0.3) is 11.0 Å². The monoisotopic (exact) mass is 366 g/mol. The van der Waals surface area contributed by atoms with E-state index >= 15 is 0 Å². The van der Waals surface area contributed by atoms with Crippen LogP contribution in [-0.4, -0.2) is 21.3 Å². The largest absolute Gasteiger partial charge is 0.494 e. The quantitative estimate of drug-likeness (QED) is 0.511. The molecule has 0 radical (unpaired) electrons. The molecule has 3 aromatic rings. The summed E-state index contributed by atoms with van der Waals surface area (Å²) in [5, 5.41) is 10.0. The van der Waals surface area contributed by atoms with E-state index in [1.54, 1.807) is 6.92 Å². The molecule has 0 saturated heterocycles. The molecule has 27 heavy (non-hydrogen) atoms. The molecule has 0 aliphatic carbocycles. The molecule has 0 aliphatic heterocycles. The van der Waals surface area contributed by atoms with Gasteiger partial charge in [-0.15, -0.1) is 0 Å². The van der Waals surface area contributed by atoms with Gasteiger partial charge in [-0.05, 0) is 61.9 Å². The van der Waals surface area contributed by atoms with Gasteiger partial charge in [0.1, 0.15) is 17.7 Å². The summed E-state index contributed by atoms with van der Waals surface area (Å²) in [4.78, 5) is 4.57. The minimum Gasteiger partial charge on any atom is -0.494 e. The maximum Gasteiger partial charge on any atom is 0.138 e. The van der Waals surface area contributed by atoms with Crippen molar-refractivity contribution in [3.8, 4) is 5.75 Å². The van der Waals surface area contributed by atoms with Crippen LogP contribution in [-0.2, 0) is 6.54 Å². The van der Waals surface area contributed by atoms with Crippen LogP contribution in [0.4, 0.5) is 0 Å². The fourth-order valence-electron chi connectivity index (χ4n) is 3.34. The minimum absolute atomic E-state index is 0.572. The Balaban J connectivity index is 1.52. The normalized spacial score (nSPS) is 13.6. The van der Waals surface area contributed by atoms with Crippen molar-refractivity contribution in [3.05, 3.63) is 59.9 Å². The zero-order valence-electron chi connectivity index (χ0n) is 16.6. The van der Waals surface area contributed by atoms with E-state index in [4.69, 9.17) is 4.74 Å². The molecule has 0 amide bonds. The Bertz CT molecular complexity index is 852. The van der Waals surface area contributed by atoms with Crippen LogP contribution in [0.5, 0.6) is 5.75 Å². The van der Waals surface area contributed by atoms with Gasteiger partial charge < -0.3 is 14.4 Å². The number of nitrogens with zero attached hydrogens (tertiary/aromatic N) is 2. The molecule has 4 nitrogen and oxygen atoms in total. The Hall–Kier alpha value is -2.33. The highest BCUT2D eigenvalue weighted by atomic mass is 16.5. The van der Waals surface area contributed by atoms with Gasteiger partial charge >= 0.3 is 0 Å². The molecular formula is C23H30N2O2. The second kappa shape index (κ2) is 9.05. The van der Waals surface area contributed by atoms with Crippen LogP contribution in [0.3, 0.4) is 0 Å². The van der Waals surface area contributed by atoms with Gasteiger partial charge in [-0.1, -0.05) is 38.1 Å². The van der Waals surface area contributed by atoms with Crippen LogP contribution in [0.15, 0.2) is 48.5 Å². The van der Waals surface area contributed by atoms with Crippen molar-refractivity contribution in [3.63, 3.8) is 0 Å². The molecule has 144 valence electrons. The van der Waals surface area contributed by atoms with Crippen molar-refractivity contribution in [1.82, 2.24) is 9.55 Å². The molecule has 0 fully saturated rings. The number of imidazole rings is 1. The summed E-state index contributed by atoms with van der Waals surface area (Å²) < 4.78 is 8.01. The lowest BCUT2D eigenvalue weighted by Crippen LogP contribution is -2.08. The lowest BCUT2D eigenvalue weighted by molar-refractivity contribution is 0.184. The van der Waals surface area contributed by atoms with E-state index in [1.165, 1.54) is 5.56 Å². The van der Waals surface area contributed by atoms with Gasteiger partial charge in [-0.2, -0.15) is 0 Å². The molecular weight excluding hydrogens is 336 g/mol. The SMILES string of the molecule is CCC(C)c1ccc(OCCCCn2c(C(C)O)nc3ccccc32)cc1. The number of rotatable bonds is 9. The number of para-hydroxylation sites is 2. The van der Waals surface area contributed by atoms with Crippen LogP contribution < -0.4 is 4.74 Å². The molecule has 2 unspecified atom stereocenters. The van der Waals surface area contributed by atoms with Crippen molar-refractivity contribution in [1.29, 1.82) is 0 Å². The Kier molecular flexibility index (Phi) is 6.51. The second-order valence-corrected chi connectivity index (χ2v) is 7.22. The molecule has 4 heteroatoms. The number of hydrogen-bond acceptors (Lipinski definition) is 3. The van der Waals surface area contributed by atoms with E-state index < -0.39 is 6.10 Å². The number of fused-ring (bicyclic) bond motifs is 1. The van der Waals surface area contributed by atoms with E-state index in [9.17, 15) is 5.11 Å². The van der Waals surface area contributed by atoms with Gasteiger partial charge in [0.15, 0.2) is 0 Å². The van der Waals surface area contributed by atoms with Gasteiger partial charge in [-0.25, -0.2) is 4.98 Å². The van der Waals surface area contributed by atoms with Crippen molar-refractivity contribution in [2.45, 2.75) is 58.6 Å². The third-order valence-corrected chi connectivity index (χ3v) is 5.16. The number of aryl methyl sites for hydroxylation is 1. The number of hydrogen-bond donors (Lipinski definition) is 1. The van der Waals surface area contributed by atoms with Crippen molar-refractivity contribution in [2.75, 3.05) is 6.61 Å². The van der Waals surface area contributed by atoms with E-state index in [2.05, 4.69) is 53.7 Å². The fourth-order valence-corrected chi connectivity index (χ4v) is 3.34. The topological polar surface area (TPSA) is 47.3 Å². The predicted octanol–water partition coefficient (Wildman–Crippen LogP) is 5.46. The number of unbranched alkanes of at least 4 members (excludes halogenated alkanes) is 1. The van der Waals surface area contributed by atoms with Crippen molar-refractivity contribution in [2.24, 2.45) is 0 Å². The Labute approximate surface area is 161 Å². The smallest absolute Gasteiger partial charge is 0.138 e. The summed E-state index contributed by atoms with van der Waals surface area (Å²) in [6.07, 6.45) is 2.51. The molecule has 1 N–H and O–H groups in total. The third kappa shape index (κ3) is 4.69. The summed E-state index contributed by atoms with van der Waals surface area (Å²) in [5.74, 6) is 2.25. The standard InChI is InChI=1S/C23H30N2O2/c1-4-17(2)19-11-13-20(14-12-19)27-16-8-7-15-25-22-10-6-5-9-21(22)24-23(25)18(3)26/h5-6,9-14,17-18,26H,4,7-8,15-16H2,1-3H3. The van der Waals surface area contributed by atoms with Crippen molar-refractivity contribution >= 4 is 11.0 Å². The molecule has 2 atom stereocenters. The first-order chi connectivity index (χ1) is 13.1. The third-order valence-electron chi connectivity index (χ3n) is 5.16. The molecule has 0 spiro atoms. The molecule has 0 saturated carbocycles. The van der Waals surface area contributed by atoms with E-state index in [0.717, 1.165) is 48.4 Å². The molecule has 0 bridgehead atoms. The zero-order chi connectivity index (χ0) is 19.2. The minimum atomic E-state index is -0.572. The lowest BCUT2D eigenvalue weighted by atomic mass is 9.99. The van der Waals surface area contributed by atoms with Gasteiger partial charge in [0, 0.05) is 6.54 Å². The number of benzene rings is 2. The summed E-state index contributed by atoms with van der Waals surface area (Å²) in [6.45, 7) is 7.75. The number of aromatic nitrogens is 2. The average Bonchev–Trinajstić information content (AvgIpc) is 3.06. The van der Waals surface area contributed by atoms with Gasteiger partial charge in [0.2, 0.25) is 0 Å². The Morgan fingerprint density at radius 3 is 2.48 bits per heavy atom. The maximum absolute atomic E-state index is 10.0. The Morgan fingerprint density at radius 2 is 1.78 bits per heavy atom. The van der Waals surface area contributed by atoms with Gasteiger partial charge in [0.25, 0.3) is 0 Å². The van der Waals surface area contributed by atoms with Gasteiger partial charge in [-0.3, -0.25) is 0 Å². The average molecular weight is 367 g/mol. The lowest BCUT2D eigenvalue weighted by Gasteiger charge is -2.12. The first kappa shape index (κ1) is 19.4. The summed E-state index contributed by atoms with van der Waals surface area (Å²) >= 11 is 0. The first-order valence-corrected chi connectivity index (χ1v) is 9.96.